The van der Waals surface area contributed by atoms with Gasteiger partial charge in [-0.2, -0.15) is 13.5 Å². The second-order valence-electron chi connectivity index (χ2n) is 3.45. The largest absolute Gasteiger partial charge is 0.401 e. The van der Waals surface area contributed by atoms with Crippen molar-refractivity contribution in [3.8, 4) is 11.3 Å². The van der Waals surface area contributed by atoms with Gasteiger partial charge in [0.2, 0.25) is 0 Å². The monoisotopic (exact) mass is 387 g/mol. The third-order valence-corrected chi connectivity index (χ3v) is 3.07. The Hall–Kier alpha value is -0.830. The molecule has 0 spiro atoms. The van der Waals surface area contributed by atoms with E-state index in [1.165, 1.54) is 0 Å². The smallest absolute Gasteiger partial charge is 0.205 e. The lowest BCUT2D eigenvalue weighted by atomic mass is 10.2. The zero-order chi connectivity index (χ0) is 13.4. The van der Waals surface area contributed by atoms with Gasteiger partial charge in [0.25, 0.3) is 0 Å². The van der Waals surface area contributed by atoms with Crippen LogP contribution in [0.2, 0.25) is 0 Å². The quantitative estimate of drug-likeness (QED) is 0.593. The number of hydrogen-bond donors (Lipinski definition) is 0. The molecule has 0 saturated heterocycles. The maximum Gasteiger partial charge on any atom is 0.401 e. The summed E-state index contributed by atoms with van der Waals surface area (Å²) in [5.74, 6) is 0. The normalized spacial score (nSPS) is 15.4. The molecular weight excluding hydrogens is 381 g/mol. The van der Waals surface area contributed by atoms with Crippen molar-refractivity contribution < 1.29 is 13.2 Å². The molecule has 1 atom stereocenters. The average molecular weight is 388 g/mol. The van der Waals surface area contributed by atoms with Crippen molar-refractivity contribution >= 4 is 34.2 Å². The molecule has 1 aromatic heterocycles. The van der Waals surface area contributed by atoms with Crippen LogP contribution in [0.1, 0.15) is 0 Å². The lowest BCUT2D eigenvalue weighted by molar-refractivity contribution is -0.132. The summed E-state index contributed by atoms with van der Waals surface area (Å²) in [5.41, 5.74) is 0.819. The molecule has 18 heavy (non-hydrogen) atoms. The Morgan fingerprint density at radius 2 is 1.78 bits per heavy atom. The third-order valence-electron chi connectivity index (χ3n) is 2.19. The maximum absolute atomic E-state index is 13.5. The van der Waals surface area contributed by atoms with Gasteiger partial charge >= 0.3 is 9.18 Å². The number of halogens is 5. The first-order chi connectivity index (χ1) is 8.32. The van der Waals surface area contributed by atoms with Crippen LogP contribution in [0.3, 0.4) is 0 Å². The summed E-state index contributed by atoms with van der Waals surface area (Å²) in [7, 11) is 0. The Labute approximate surface area is 119 Å². The van der Waals surface area contributed by atoms with Crippen molar-refractivity contribution in [1.82, 2.24) is 15.0 Å². The molecule has 2 aromatic rings. The van der Waals surface area contributed by atoms with Gasteiger partial charge in [0.15, 0.2) is 0 Å². The molecule has 0 bridgehead atoms. The zero-order valence-electron chi connectivity index (χ0n) is 8.70. The molecule has 0 N–H and O–H groups in total. The fourth-order valence-electron chi connectivity index (χ4n) is 1.27. The van der Waals surface area contributed by atoms with Gasteiger partial charge < -0.3 is 0 Å². The van der Waals surface area contributed by atoms with E-state index in [1.54, 1.807) is 30.3 Å². The van der Waals surface area contributed by atoms with Gasteiger partial charge in [0, 0.05) is 5.56 Å². The van der Waals surface area contributed by atoms with Gasteiger partial charge in [-0.1, -0.05) is 47.1 Å². The van der Waals surface area contributed by atoms with E-state index in [1.807, 2.05) is 0 Å². The summed E-state index contributed by atoms with van der Waals surface area (Å²) in [6.07, 6.45) is 0.949. The highest BCUT2D eigenvalue weighted by Crippen LogP contribution is 2.45. The molecule has 8 heteroatoms. The fourth-order valence-corrected chi connectivity index (χ4v) is 1.61. The van der Waals surface area contributed by atoms with E-state index in [9.17, 15) is 13.2 Å². The van der Waals surface area contributed by atoms with E-state index in [2.05, 4.69) is 10.3 Å². The molecule has 1 heterocycles. The SMILES string of the molecule is FC(Cl)(I)C(F)(F)n1cc(-c2ccccc2)nn1. The summed E-state index contributed by atoms with van der Waals surface area (Å²) in [5, 5.41) is 6.79. The number of hydrogen-bond acceptors (Lipinski definition) is 2. The highest BCUT2D eigenvalue weighted by Gasteiger charge is 2.55. The van der Waals surface area contributed by atoms with Crippen LogP contribution < -0.4 is 0 Å². The van der Waals surface area contributed by atoms with Crippen molar-refractivity contribution in [3.63, 3.8) is 0 Å². The van der Waals surface area contributed by atoms with Crippen LogP contribution in [0, 0.1) is 0 Å². The minimum Gasteiger partial charge on any atom is -0.205 e. The van der Waals surface area contributed by atoms with Crippen LogP contribution in [0.15, 0.2) is 36.5 Å². The van der Waals surface area contributed by atoms with Crippen molar-refractivity contribution in [2.45, 2.75) is 9.18 Å². The van der Waals surface area contributed by atoms with Crippen molar-refractivity contribution in [2.24, 2.45) is 0 Å². The van der Waals surface area contributed by atoms with Gasteiger partial charge in [-0.05, 0) is 22.6 Å². The van der Waals surface area contributed by atoms with Crippen molar-refractivity contribution in [1.29, 1.82) is 0 Å². The Balaban J connectivity index is 2.38. The molecule has 3 nitrogen and oxygen atoms in total. The van der Waals surface area contributed by atoms with E-state index in [0.717, 1.165) is 28.8 Å². The Bertz CT molecular complexity index is 539. The minimum atomic E-state index is -3.99. The van der Waals surface area contributed by atoms with Gasteiger partial charge in [0.05, 0.1) is 6.20 Å². The first-order valence-electron chi connectivity index (χ1n) is 4.75. The molecule has 0 aliphatic carbocycles. The predicted molar refractivity (Wildman–Crippen MR) is 69.4 cm³/mol. The molecule has 0 aliphatic heterocycles. The summed E-state index contributed by atoms with van der Waals surface area (Å²) in [4.78, 5) is 0. The standard InChI is InChI=1S/C10H6ClF3IN3/c11-9(12,15)10(13,14)18-6-8(16-17-18)7-4-2-1-3-5-7/h1-6H. The van der Waals surface area contributed by atoms with Crippen molar-refractivity contribution in [3.05, 3.63) is 36.5 Å². The van der Waals surface area contributed by atoms with Crippen LogP contribution >= 0.6 is 34.2 Å². The Morgan fingerprint density at radius 3 is 2.33 bits per heavy atom. The molecule has 2 rings (SSSR count). The lowest BCUT2D eigenvalue weighted by Crippen LogP contribution is -2.37. The van der Waals surface area contributed by atoms with E-state index in [-0.39, 0.29) is 10.4 Å². The highest BCUT2D eigenvalue weighted by molar-refractivity contribution is 14.1. The summed E-state index contributed by atoms with van der Waals surface area (Å²) in [6, 6.07) is 4.60. The third kappa shape index (κ3) is 2.46. The molecule has 1 unspecified atom stereocenters. The molecular formula is C10H6ClF3IN3. The number of benzene rings is 1. The molecule has 0 fully saturated rings. The molecule has 1 aromatic carbocycles. The topological polar surface area (TPSA) is 30.7 Å². The maximum atomic E-state index is 13.5. The molecule has 0 amide bonds. The zero-order valence-corrected chi connectivity index (χ0v) is 11.6. The van der Waals surface area contributed by atoms with Gasteiger partial charge in [0.1, 0.15) is 5.69 Å². The molecule has 0 radical (unpaired) electrons. The van der Waals surface area contributed by atoms with E-state index >= 15 is 0 Å². The van der Waals surface area contributed by atoms with Crippen LogP contribution in [0.25, 0.3) is 11.3 Å². The second-order valence-corrected chi connectivity index (χ2v) is 6.10. The number of alkyl halides is 5. The van der Waals surface area contributed by atoms with E-state index in [0.29, 0.717) is 5.56 Å². The van der Waals surface area contributed by atoms with Gasteiger partial charge in [-0.15, -0.1) is 5.10 Å². The number of nitrogens with zero attached hydrogens (tertiary/aromatic N) is 3. The summed E-state index contributed by atoms with van der Waals surface area (Å²) >= 11 is 5.80. The average Bonchev–Trinajstić information content (AvgIpc) is 2.78. The van der Waals surface area contributed by atoms with Crippen molar-refractivity contribution in [2.75, 3.05) is 0 Å². The second kappa shape index (κ2) is 4.69. The molecule has 0 aliphatic rings. The molecule has 0 saturated carbocycles. The first-order valence-corrected chi connectivity index (χ1v) is 6.21. The highest BCUT2D eigenvalue weighted by atomic mass is 127. The van der Waals surface area contributed by atoms with Crippen LogP contribution in [0.5, 0.6) is 0 Å². The summed E-state index contributed by atoms with van der Waals surface area (Å²) < 4.78 is 37.1. The van der Waals surface area contributed by atoms with Gasteiger partial charge in [-0.25, -0.2) is 4.39 Å². The van der Waals surface area contributed by atoms with Crippen LogP contribution in [-0.4, -0.2) is 18.1 Å². The Kier molecular flexibility index (Phi) is 3.54. The van der Waals surface area contributed by atoms with E-state index < -0.39 is 9.18 Å². The number of aromatic nitrogens is 3. The van der Waals surface area contributed by atoms with Crippen LogP contribution in [-0.2, 0) is 6.05 Å². The fraction of sp³-hybridized carbons (Fsp3) is 0.200. The first kappa shape index (κ1) is 13.6. The minimum absolute atomic E-state index is 0.120. The van der Waals surface area contributed by atoms with E-state index in [4.69, 9.17) is 11.6 Å². The van der Waals surface area contributed by atoms with Crippen LogP contribution in [0.4, 0.5) is 13.2 Å². The molecule has 96 valence electrons. The summed E-state index contributed by atoms with van der Waals surface area (Å²) in [6.45, 7) is 0. The Morgan fingerprint density at radius 1 is 1.17 bits per heavy atom. The lowest BCUT2D eigenvalue weighted by Gasteiger charge is -2.21. The number of rotatable bonds is 3. The predicted octanol–water partition coefficient (Wildman–Crippen LogP) is 3.79. The van der Waals surface area contributed by atoms with Gasteiger partial charge in [-0.3, -0.25) is 0 Å².